The zero-order chi connectivity index (χ0) is 30.7. The molecule has 2 aliphatic carbocycles. The van der Waals surface area contributed by atoms with Gasteiger partial charge in [-0.3, -0.25) is 9.88 Å². The fourth-order valence-electron chi connectivity index (χ4n) is 8.11. The molecule has 1 saturated carbocycles. The summed E-state index contributed by atoms with van der Waals surface area (Å²) in [5, 5.41) is 10.5. The van der Waals surface area contributed by atoms with Gasteiger partial charge in [0.15, 0.2) is 6.10 Å². The predicted molar refractivity (Wildman–Crippen MR) is 173 cm³/mol. The highest BCUT2D eigenvalue weighted by Crippen LogP contribution is 2.46. The Balaban J connectivity index is 1.37. The lowest BCUT2D eigenvalue weighted by atomic mass is 9.81. The number of nitrogens with zero attached hydrogens (tertiary/aromatic N) is 3. The third-order valence-corrected chi connectivity index (χ3v) is 10.5. The predicted octanol–water partition coefficient (Wildman–Crippen LogP) is 7.50. The van der Waals surface area contributed by atoms with E-state index in [-0.39, 0.29) is 5.41 Å². The number of benzene rings is 1. The SMILES string of the molecule is Cc1nc(C)c([C@H](OC(C)(C)C)C(=O)O)c(N2CCC(C)(C)CC2)c1-c1ccc2c(c1)CCN(C[C@H]1C[C@@H]3C=C[C@H]1C3)C2. The number of carboxylic acids is 1. The number of aliphatic carboxylic acids is 1. The second-order valence-corrected chi connectivity index (χ2v) is 15.5. The van der Waals surface area contributed by atoms with Crippen LogP contribution in [0.5, 0.6) is 0 Å². The Morgan fingerprint density at radius 1 is 1.07 bits per heavy atom. The molecule has 6 nitrogen and oxygen atoms in total. The third kappa shape index (κ3) is 6.28. The maximum absolute atomic E-state index is 12.8. The van der Waals surface area contributed by atoms with Crippen molar-refractivity contribution in [3.63, 3.8) is 0 Å². The second-order valence-electron chi connectivity index (χ2n) is 15.5. The average Bonchev–Trinajstić information content (AvgIpc) is 3.54. The van der Waals surface area contributed by atoms with Crippen molar-refractivity contribution in [1.82, 2.24) is 9.88 Å². The Labute approximate surface area is 258 Å². The van der Waals surface area contributed by atoms with Crippen molar-refractivity contribution < 1.29 is 14.6 Å². The maximum atomic E-state index is 12.8. The first kappa shape index (κ1) is 30.3. The molecule has 0 radical (unpaired) electrons. The summed E-state index contributed by atoms with van der Waals surface area (Å²) in [5.74, 6) is 1.45. The summed E-state index contributed by atoms with van der Waals surface area (Å²) in [6.45, 7) is 19.5. The van der Waals surface area contributed by atoms with Crippen molar-refractivity contribution in [3.8, 4) is 11.1 Å². The van der Waals surface area contributed by atoms with Crippen LogP contribution in [0.3, 0.4) is 0 Å². The minimum absolute atomic E-state index is 0.272. The number of allylic oxidation sites excluding steroid dienone is 2. The van der Waals surface area contributed by atoms with Gasteiger partial charge in [0.1, 0.15) is 0 Å². The number of fused-ring (bicyclic) bond motifs is 3. The highest BCUT2D eigenvalue weighted by molar-refractivity contribution is 5.88. The van der Waals surface area contributed by atoms with Crippen molar-refractivity contribution in [2.24, 2.45) is 23.2 Å². The third-order valence-electron chi connectivity index (χ3n) is 10.5. The number of aryl methyl sites for hydroxylation is 2. The second kappa shape index (κ2) is 11.3. The number of pyridine rings is 1. The van der Waals surface area contributed by atoms with Crippen LogP contribution >= 0.6 is 0 Å². The molecule has 2 fully saturated rings. The van der Waals surface area contributed by atoms with E-state index in [1.807, 2.05) is 27.7 Å². The van der Waals surface area contributed by atoms with Gasteiger partial charge in [-0.25, -0.2) is 4.79 Å². The smallest absolute Gasteiger partial charge is 0.337 e. The number of carboxylic acid groups (broad SMARTS) is 1. The number of hydrogen-bond acceptors (Lipinski definition) is 5. The van der Waals surface area contributed by atoms with Crippen molar-refractivity contribution in [2.45, 2.75) is 98.8 Å². The van der Waals surface area contributed by atoms with Gasteiger partial charge in [0.2, 0.25) is 0 Å². The van der Waals surface area contributed by atoms with Gasteiger partial charge in [-0.2, -0.15) is 0 Å². The van der Waals surface area contributed by atoms with Gasteiger partial charge in [0.05, 0.1) is 11.3 Å². The molecule has 4 atom stereocenters. The lowest BCUT2D eigenvalue weighted by Crippen LogP contribution is -2.39. The van der Waals surface area contributed by atoms with Gasteiger partial charge in [-0.1, -0.05) is 44.2 Å². The summed E-state index contributed by atoms with van der Waals surface area (Å²) in [4.78, 5) is 22.9. The quantitative estimate of drug-likeness (QED) is 0.340. The van der Waals surface area contributed by atoms with Crippen LogP contribution in [0.15, 0.2) is 30.4 Å². The first-order valence-corrected chi connectivity index (χ1v) is 16.5. The van der Waals surface area contributed by atoms with Crippen LogP contribution in [0, 0.1) is 37.0 Å². The largest absolute Gasteiger partial charge is 0.479 e. The molecule has 43 heavy (non-hydrogen) atoms. The average molecular weight is 586 g/mol. The maximum Gasteiger partial charge on any atom is 0.337 e. The molecule has 0 unspecified atom stereocenters. The van der Waals surface area contributed by atoms with E-state index >= 15 is 0 Å². The topological polar surface area (TPSA) is 65.9 Å². The molecule has 2 aromatic rings. The van der Waals surface area contributed by atoms with Crippen molar-refractivity contribution >= 4 is 11.7 Å². The van der Waals surface area contributed by atoms with Gasteiger partial charge in [0, 0.05) is 55.2 Å². The number of anilines is 1. The molecule has 2 bridgehead atoms. The molecule has 232 valence electrons. The van der Waals surface area contributed by atoms with Gasteiger partial charge < -0.3 is 14.7 Å². The summed E-state index contributed by atoms with van der Waals surface area (Å²) in [7, 11) is 0. The van der Waals surface area contributed by atoms with Crippen molar-refractivity contribution in [1.29, 1.82) is 0 Å². The number of aromatic nitrogens is 1. The van der Waals surface area contributed by atoms with Crippen LogP contribution in [0.4, 0.5) is 5.69 Å². The molecule has 1 N–H and O–H groups in total. The molecule has 3 heterocycles. The number of carbonyl (C=O) groups is 1. The summed E-state index contributed by atoms with van der Waals surface area (Å²) < 4.78 is 6.27. The summed E-state index contributed by atoms with van der Waals surface area (Å²) >= 11 is 0. The highest BCUT2D eigenvalue weighted by Gasteiger charge is 2.38. The highest BCUT2D eigenvalue weighted by atomic mass is 16.5. The lowest BCUT2D eigenvalue weighted by molar-refractivity contribution is -0.160. The summed E-state index contributed by atoms with van der Waals surface area (Å²) in [6, 6.07) is 6.94. The zero-order valence-corrected chi connectivity index (χ0v) is 27.4. The van der Waals surface area contributed by atoms with Crippen LogP contribution in [-0.4, -0.2) is 52.7 Å². The number of rotatable bonds is 7. The van der Waals surface area contributed by atoms with Gasteiger partial charge in [0.25, 0.3) is 0 Å². The molecule has 0 spiro atoms. The Bertz CT molecular complexity index is 1410. The standard InChI is InChI=1S/C37H51N3O3/c1-23-31(28-10-11-29-21-39(15-12-27(29)20-28)22-30-19-25-8-9-26(30)18-25)33(40-16-13-37(6,7)14-17-40)32(24(2)38-23)34(35(41)42)43-36(3,4)5/h8-11,20,25-26,30,34H,12-19,21-22H2,1-7H3,(H,41,42)/t25-,26+,30-,34+/m1/s1. The molecule has 6 heteroatoms. The number of hydrogen-bond donors (Lipinski definition) is 1. The fourth-order valence-corrected chi connectivity index (χ4v) is 8.11. The molecule has 1 saturated heterocycles. The zero-order valence-electron chi connectivity index (χ0n) is 27.4. The molecule has 4 aliphatic rings. The van der Waals surface area contributed by atoms with Gasteiger partial charge in [-0.15, -0.1) is 0 Å². The number of piperidine rings is 1. The fraction of sp³-hybridized carbons (Fsp3) is 0.622. The molecular formula is C37H51N3O3. The Morgan fingerprint density at radius 2 is 1.81 bits per heavy atom. The van der Waals surface area contributed by atoms with E-state index in [2.05, 4.69) is 60.9 Å². The lowest BCUT2D eigenvalue weighted by Gasteiger charge is -2.41. The van der Waals surface area contributed by atoms with E-state index in [4.69, 9.17) is 9.72 Å². The van der Waals surface area contributed by atoms with Crippen LogP contribution in [-0.2, 0) is 22.5 Å². The van der Waals surface area contributed by atoms with E-state index in [0.29, 0.717) is 5.56 Å². The van der Waals surface area contributed by atoms with E-state index in [0.717, 1.165) is 91.4 Å². The molecule has 0 amide bonds. The van der Waals surface area contributed by atoms with Crippen LogP contribution < -0.4 is 4.90 Å². The molecule has 6 rings (SSSR count). The first-order valence-electron chi connectivity index (χ1n) is 16.5. The van der Waals surface area contributed by atoms with Crippen LogP contribution in [0.2, 0.25) is 0 Å². The van der Waals surface area contributed by atoms with E-state index < -0.39 is 17.7 Å². The Hall–Kier alpha value is -2.70. The van der Waals surface area contributed by atoms with Crippen LogP contribution in [0.25, 0.3) is 11.1 Å². The normalized spacial score (nSPS) is 25.7. The van der Waals surface area contributed by atoms with Gasteiger partial charge >= 0.3 is 5.97 Å². The minimum atomic E-state index is -1.09. The van der Waals surface area contributed by atoms with E-state index in [1.165, 1.54) is 30.5 Å². The first-order chi connectivity index (χ1) is 20.3. The summed E-state index contributed by atoms with van der Waals surface area (Å²) in [6.07, 6.45) is 9.70. The minimum Gasteiger partial charge on any atom is -0.479 e. The molecule has 1 aromatic carbocycles. The number of ether oxygens (including phenoxy) is 1. The monoisotopic (exact) mass is 585 g/mol. The Kier molecular flexibility index (Phi) is 8.00. The van der Waals surface area contributed by atoms with E-state index in [1.54, 1.807) is 0 Å². The van der Waals surface area contributed by atoms with Crippen molar-refractivity contribution in [3.05, 3.63) is 58.4 Å². The molecule has 1 aromatic heterocycles. The Morgan fingerprint density at radius 3 is 2.44 bits per heavy atom. The van der Waals surface area contributed by atoms with E-state index in [9.17, 15) is 9.90 Å². The van der Waals surface area contributed by atoms with Crippen molar-refractivity contribution in [2.75, 3.05) is 31.1 Å². The van der Waals surface area contributed by atoms with Crippen LogP contribution in [0.1, 0.15) is 94.5 Å². The summed E-state index contributed by atoms with van der Waals surface area (Å²) in [5.41, 5.74) is 8.07. The van der Waals surface area contributed by atoms with Gasteiger partial charge in [-0.05, 0) is 107 Å². The molecular weight excluding hydrogens is 534 g/mol. The molecule has 2 aliphatic heterocycles.